The normalized spacial score (nSPS) is 13.2. The summed E-state index contributed by atoms with van der Waals surface area (Å²) in [7, 11) is 1.78. The Bertz CT molecular complexity index is 1020. The third kappa shape index (κ3) is 5.22. The molecule has 2 aromatic rings. The van der Waals surface area contributed by atoms with Crippen LogP contribution in [0.15, 0.2) is 78.0 Å². The highest BCUT2D eigenvalue weighted by Gasteiger charge is 2.21. The highest BCUT2D eigenvalue weighted by molar-refractivity contribution is 6.05. The zero-order chi connectivity index (χ0) is 21.4. The molecule has 2 aromatic heterocycles. The van der Waals surface area contributed by atoms with Crippen LogP contribution in [0.5, 0.6) is 0 Å². The average molecular weight is 393 g/mol. The molecule has 0 spiro atoms. The van der Waals surface area contributed by atoms with Gasteiger partial charge in [0.15, 0.2) is 11.5 Å². The molecule has 7 heteroatoms. The molecule has 29 heavy (non-hydrogen) atoms. The van der Waals surface area contributed by atoms with Gasteiger partial charge in [-0.05, 0) is 31.9 Å². The van der Waals surface area contributed by atoms with Gasteiger partial charge in [-0.3, -0.25) is 4.79 Å². The van der Waals surface area contributed by atoms with Gasteiger partial charge in [0.05, 0.1) is 5.70 Å². The van der Waals surface area contributed by atoms with Gasteiger partial charge in [-0.1, -0.05) is 43.4 Å². The molecular formula is C22H28N6O. The van der Waals surface area contributed by atoms with Gasteiger partial charge in [0.1, 0.15) is 5.56 Å². The number of aromatic nitrogens is 3. The number of allylic oxidation sites excluding steroid dienone is 6. The van der Waals surface area contributed by atoms with Crippen LogP contribution in [0.25, 0.3) is 5.65 Å². The zero-order valence-electron chi connectivity index (χ0n) is 17.4. The summed E-state index contributed by atoms with van der Waals surface area (Å²) in [5.41, 5.74) is 9.97. The predicted octanol–water partition coefficient (Wildman–Crippen LogP) is 3.52. The molecule has 0 aromatic carbocycles. The SMILES string of the molecule is C=C(C)/C=C(\C=C/C)C(=C/CC)/C(=C\NC)NC(=O)c1c(N)nn2cccnc12. The molecular weight excluding hydrogens is 364 g/mol. The van der Waals surface area contributed by atoms with Crippen molar-refractivity contribution >= 4 is 17.4 Å². The van der Waals surface area contributed by atoms with Gasteiger partial charge in [-0.25, -0.2) is 9.50 Å². The molecule has 0 aliphatic heterocycles. The highest BCUT2D eigenvalue weighted by atomic mass is 16.1. The molecule has 1 amide bonds. The Morgan fingerprint density at radius 2 is 2.17 bits per heavy atom. The van der Waals surface area contributed by atoms with Crippen molar-refractivity contribution in [2.45, 2.75) is 27.2 Å². The lowest BCUT2D eigenvalue weighted by Crippen LogP contribution is -2.26. The summed E-state index contributed by atoms with van der Waals surface area (Å²) in [5, 5.41) is 10.1. The lowest BCUT2D eigenvalue weighted by molar-refractivity contribution is 0.0969. The van der Waals surface area contributed by atoms with Crippen LogP contribution < -0.4 is 16.4 Å². The van der Waals surface area contributed by atoms with E-state index in [2.05, 4.69) is 33.4 Å². The first kappa shape index (κ1) is 21.7. The van der Waals surface area contributed by atoms with E-state index in [1.165, 1.54) is 4.52 Å². The molecule has 2 heterocycles. The van der Waals surface area contributed by atoms with Crippen molar-refractivity contribution in [1.29, 1.82) is 0 Å². The number of fused-ring (bicyclic) bond motifs is 1. The Kier molecular flexibility index (Phi) is 7.54. The van der Waals surface area contributed by atoms with Crippen LogP contribution in [0.1, 0.15) is 37.6 Å². The molecule has 0 aliphatic rings. The molecule has 0 saturated heterocycles. The van der Waals surface area contributed by atoms with E-state index in [0.717, 1.165) is 23.1 Å². The van der Waals surface area contributed by atoms with E-state index in [1.807, 2.05) is 39.0 Å². The van der Waals surface area contributed by atoms with Gasteiger partial charge in [0.25, 0.3) is 5.91 Å². The zero-order valence-corrected chi connectivity index (χ0v) is 17.4. The molecule has 4 N–H and O–H groups in total. The number of carbonyl (C=O) groups excluding carboxylic acids is 1. The number of amides is 1. The van der Waals surface area contributed by atoms with E-state index in [9.17, 15) is 4.79 Å². The second kappa shape index (κ2) is 10.1. The van der Waals surface area contributed by atoms with Gasteiger partial charge in [0.2, 0.25) is 0 Å². The minimum atomic E-state index is -0.380. The lowest BCUT2D eigenvalue weighted by atomic mass is 9.98. The summed E-state index contributed by atoms with van der Waals surface area (Å²) in [6, 6.07) is 1.72. The van der Waals surface area contributed by atoms with E-state index in [0.29, 0.717) is 11.3 Å². The van der Waals surface area contributed by atoms with Crippen LogP contribution in [0.3, 0.4) is 0 Å². The number of nitrogens with zero attached hydrogens (tertiary/aromatic N) is 3. The fourth-order valence-electron chi connectivity index (χ4n) is 2.88. The summed E-state index contributed by atoms with van der Waals surface area (Å²) in [5.74, 6) is -0.257. The third-order valence-electron chi connectivity index (χ3n) is 3.94. The van der Waals surface area contributed by atoms with Crippen LogP contribution in [-0.4, -0.2) is 27.6 Å². The molecule has 152 valence electrons. The van der Waals surface area contributed by atoms with Crippen molar-refractivity contribution in [1.82, 2.24) is 25.2 Å². The number of rotatable bonds is 8. The molecule has 0 bridgehead atoms. The number of nitrogens with one attached hydrogen (secondary N) is 2. The summed E-state index contributed by atoms with van der Waals surface area (Å²) in [6.45, 7) is 9.89. The van der Waals surface area contributed by atoms with Gasteiger partial charge in [-0.2, -0.15) is 0 Å². The molecule has 0 atom stereocenters. The smallest absolute Gasteiger partial charge is 0.263 e. The molecule has 0 saturated carbocycles. The van der Waals surface area contributed by atoms with Gasteiger partial charge < -0.3 is 16.4 Å². The van der Waals surface area contributed by atoms with E-state index in [4.69, 9.17) is 5.73 Å². The monoisotopic (exact) mass is 392 g/mol. The van der Waals surface area contributed by atoms with Crippen molar-refractivity contribution in [3.63, 3.8) is 0 Å². The van der Waals surface area contributed by atoms with E-state index in [1.54, 1.807) is 31.7 Å². The number of anilines is 1. The molecule has 2 rings (SSSR count). The summed E-state index contributed by atoms with van der Waals surface area (Å²) in [4.78, 5) is 17.3. The lowest BCUT2D eigenvalue weighted by Gasteiger charge is -2.16. The summed E-state index contributed by atoms with van der Waals surface area (Å²) in [6.07, 6.45) is 13.8. The Morgan fingerprint density at radius 1 is 1.41 bits per heavy atom. The maximum atomic E-state index is 13.1. The van der Waals surface area contributed by atoms with Crippen molar-refractivity contribution in [3.05, 3.63) is 83.5 Å². The number of hydrogen-bond donors (Lipinski definition) is 3. The van der Waals surface area contributed by atoms with Crippen molar-refractivity contribution in [2.24, 2.45) is 0 Å². The minimum absolute atomic E-state index is 0.122. The Balaban J connectivity index is 2.50. The van der Waals surface area contributed by atoms with Crippen LogP contribution in [0.4, 0.5) is 5.82 Å². The maximum absolute atomic E-state index is 13.1. The van der Waals surface area contributed by atoms with E-state index < -0.39 is 0 Å². The van der Waals surface area contributed by atoms with Crippen molar-refractivity contribution in [3.8, 4) is 0 Å². The van der Waals surface area contributed by atoms with Gasteiger partial charge >= 0.3 is 0 Å². The third-order valence-corrected chi connectivity index (χ3v) is 3.94. The van der Waals surface area contributed by atoms with E-state index >= 15 is 0 Å². The largest absolute Gasteiger partial charge is 0.392 e. The minimum Gasteiger partial charge on any atom is -0.392 e. The first-order valence-electron chi connectivity index (χ1n) is 9.41. The topological polar surface area (TPSA) is 97.3 Å². The maximum Gasteiger partial charge on any atom is 0.263 e. The Hall–Kier alpha value is -3.61. The van der Waals surface area contributed by atoms with Gasteiger partial charge in [-0.15, -0.1) is 5.10 Å². The fourth-order valence-corrected chi connectivity index (χ4v) is 2.88. The quantitative estimate of drug-likeness (QED) is 0.597. The average Bonchev–Trinajstić information content (AvgIpc) is 3.01. The van der Waals surface area contributed by atoms with Crippen LogP contribution in [0.2, 0.25) is 0 Å². The van der Waals surface area contributed by atoms with Crippen LogP contribution in [0, 0.1) is 0 Å². The second-order valence-electron chi connectivity index (χ2n) is 6.42. The second-order valence-corrected chi connectivity index (χ2v) is 6.42. The Morgan fingerprint density at radius 3 is 2.79 bits per heavy atom. The number of hydrogen-bond acceptors (Lipinski definition) is 5. The fraction of sp³-hybridized carbons (Fsp3) is 0.227. The molecule has 0 radical (unpaired) electrons. The first-order chi connectivity index (χ1) is 13.9. The number of nitrogen functional groups attached to an aromatic ring is 1. The Labute approximate surface area is 171 Å². The molecule has 0 unspecified atom stereocenters. The van der Waals surface area contributed by atoms with Crippen LogP contribution >= 0.6 is 0 Å². The molecule has 7 nitrogen and oxygen atoms in total. The summed E-state index contributed by atoms with van der Waals surface area (Å²) < 4.78 is 1.49. The van der Waals surface area contributed by atoms with Crippen molar-refractivity contribution < 1.29 is 4.79 Å². The number of nitrogens with two attached hydrogens (primary N) is 1. The predicted molar refractivity (Wildman–Crippen MR) is 118 cm³/mol. The molecule has 0 fully saturated rings. The molecule has 0 aliphatic carbocycles. The highest BCUT2D eigenvalue weighted by Crippen LogP contribution is 2.23. The number of carbonyl (C=O) groups is 1. The first-order valence-corrected chi connectivity index (χ1v) is 9.41. The summed E-state index contributed by atoms with van der Waals surface area (Å²) >= 11 is 0. The standard InChI is InChI=1S/C22H28N6O/c1-6-9-16(13-15(3)4)17(10-7-2)18(14-24-5)26-22(29)19-20(23)27-28-12-8-11-25-21(19)28/h6,8-14,24H,3,7H2,1-2,4-5H3,(H2,23,27)(H,26,29)/b9-6-,16-13+,17-10-,18-14+. The van der Waals surface area contributed by atoms with E-state index in [-0.39, 0.29) is 17.3 Å². The van der Waals surface area contributed by atoms with Crippen molar-refractivity contribution in [2.75, 3.05) is 12.8 Å². The van der Waals surface area contributed by atoms with Gasteiger partial charge in [0, 0.05) is 31.2 Å². The van der Waals surface area contributed by atoms with Crippen LogP contribution in [-0.2, 0) is 0 Å².